The van der Waals surface area contributed by atoms with Crippen LogP contribution in [0.2, 0.25) is 0 Å². The molecule has 0 aliphatic carbocycles. The summed E-state index contributed by atoms with van der Waals surface area (Å²) in [5.41, 5.74) is 7.67. The van der Waals surface area contributed by atoms with E-state index in [0.717, 1.165) is 11.6 Å². The monoisotopic (exact) mass is 328 g/mol. The minimum atomic E-state index is 0.575. The Hall–Kier alpha value is -1.83. The summed E-state index contributed by atoms with van der Waals surface area (Å²) in [5.74, 6) is 1.51. The van der Waals surface area contributed by atoms with Gasteiger partial charge in [0.15, 0.2) is 0 Å². The summed E-state index contributed by atoms with van der Waals surface area (Å²) in [5, 5.41) is 0. The lowest BCUT2D eigenvalue weighted by Gasteiger charge is -2.13. The van der Waals surface area contributed by atoms with E-state index in [9.17, 15) is 0 Å². The van der Waals surface area contributed by atoms with Crippen LogP contribution in [0.4, 0.5) is 0 Å². The lowest BCUT2D eigenvalue weighted by atomic mass is 9.92. The number of aliphatic imine (C=N–C) groups is 1. The molecule has 1 unspecified atom stereocenters. The van der Waals surface area contributed by atoms with E-state index in [-0.39, 0.29) is 0 Å². The van der Waals surface area contributed by atoms with Gasteiger partial charge in [-0.1, -0.05) is 82.5 Å². The Morgan fingerprint density at radius 2 is 1.83 bits per heavy atom. The highest BCUT2D eigenvalue weighted by Gasteiger charge is 2.05. The fourth-order valence-electron chi connectivity index (χ4n) is 2.55. The van der Waals surface area contributed by atoms with Gasteiger partial charge in [0.25, 0.3) is 0 Å². The van der Waals surface area contributed by atoms with Crippen LogP contribution in [0.25, 0.3) is 0 Å². The number of rotatable bonds is 9. The summed E-state index contributed by atoms with van der Waals surface area (Å²) in [7, 11) is 0. The third-order valence-electron chi connectivity index (χ3n) is 3.94. The van der Waals surface area contributed by atoms with Crippen LogP contribution in [-0.4, -0.2) is 5.84 Å². The normalized spacial score (nSPS) is 13.0. The predicted octanol–water partition coefficient (Wildman–Crippen LogP) is 6.29. The maximum Gasteiger partial charge on any atom is 0.0960 e. The van der Waals surface area contributed by atoms with Gasteiger partial charge < -0.3 is 5.73 Å². The minimum absolute atomic E-state index is 0.575. The molecule has 2 heteroatoms. The van der Waals surface area contributed by atoms with E-state index < -0.39 is 0 Å². The van der Waals surface area contributed by atoms with Crippen molar-refractivity contribution >= 4 is 5.84 Å². The molecule has 0 amide bonds. The average Bonchev–Trinajstić information content (AvgIpc) is 2.56. The fraction of sp³-hybridized carbons (Fsp3) is 0.500. The van der Waals surface area contributed by atoms with Gasteiger partial charge in [-0.15, -0.1) is 0 Å². The third kappa shape index (κ3) is 12.7. The van der Waals surface area contributed by atoms with Gasteiger partial charge in [0.1, 0.15) is 0 Å². The zero-order valence-corrected chi connectivity index (χ0v) is 16.1. The number of unbranched alkanes of at least 4 members (excludes halogenated alkanes) is 1. The zero-order valence-electron chi connectivity index (χ0n) is 16.1. The molecule has 0 heterocycles. The van der Waals surface area contributed by atoms with Gasteiger partial charge in [0.2, 0.25) is 0 Å². The topological polar surface area (TPSA) is 38.4 Å². The molecule has 0 saturated heterocycles. The molecular formula is C22H36N2. The Morgan fingerprint density at radius 1 is 1.17 bits per heavy atom. The van der Waals surface area contributed by atoms with Crippen molar-refractivity contribution in [1.82, 2.24) is 0 Å². The molecule has 134 valence electrons. The molecule has 0 aromatic heterocycles. The summed E-state index contributed by atoms with van der Waals surface area (Å²) < 4.78 is 0. The first-order chi connectivity index (χ1) is 11.5. The zero-order chi connectivity index (χ0) is 18.2. The quantitative estimate of drug-likeness (QED) is 0.323. The average molecular weight is 329 g/mol. The molecule has 0 saturated carbocycles. The standard InChI is InChI=1S/C15H24.C7H12N2/c1-3-5-9-14(4-2)12-13-15-10-7-6-8-11-15;1-4-5-6(2)9-7(3)8/h6-8,10-11,14H,3-5,9,12-13H2,1-2H3;4-5H,1H2,2-3H3,(H2,8,9)/b;6-5-. The van der Waals surface area contributed by atoms with Crippen LogP contribution in [0.15, 0.2) is 59.8 Å². The van der Waals surface area contributed by atoms with E-state index in [1.54, 1.807) is 19.1 Å². The summed E-state index contributed by atoms with van der Waals surface area (Å²) in [6.45, 7) is 11.8. The summed E-state index contributed by atoms with van der Waals surface area (Å²) in [6.07, 6.45) is 11.6. The number of allylic oxidation sites excluding steroid dienone is 3. The van der Waals surface area contributed by atoms with E-state index in [1.807, 2.05) is 6.92 Å². The number of amidine groups is 1. The van der Waals surface area contributed by atoms with Crippen LogP contribution in [-0.2, 0) is 6.42 Å². The van der Waals surface area contributed by atoms with Gasteiger partial charge in [0, 0.05) is 5.70 Å². The Labute approximate surface area is 149 Å². The van der Waals surface area contributed by atoms with Crippen LogP contribution < -0.4 is 5.73 Å². The molecule has 1 aromatic rings. The van der Waals surface area contributed by atoms with Gasteiger partial charge in [0.05, 0.1) is 5.84 Å². The summed E-state index contributed by atoms with van der Waals surface area (Å²) in [4.78, 5) is 3.95. The van der Waals surface area contributed by atoms with Crippen molar-refractivity contribution in [3.8, 4) is 0 Å². The van der Waals surface area contributed by atoms with E-state index >= 15 is 0 Å². The van der Waals surface area contributed by atoms with Gasteiger partial charge in [-0.3, -0.25) is 0 Å². The van der Waals surface area contributed by atoms with Crippen molar-refractivity contribution in [3.05, 3.63) is 60.3 Å². The van der Waals surface area contributed by atoms with Crippen molar-refractivity contribution in [3.63, 3.8) is 0 Å². The first-order valence-corrected chi connectivity index (χ1v) is 9.17. The predicted molar refractivity (Wildman–Crippen MR) is 109 cm³/mol. The van der Waals surface area contributed by atoms with Gasteiger partial charge in [-0.2, -0.15) is 0 Å². The molecule has 0 aliphatic rings. The highest BCUT2D eigenvalue weighted by Crippen LogP contribution is 2.19. The van der Waals surface area contributed by atoms with E-state index in [2.05, 4.69) is 55.8 Å². The maximum atomic E-state index is 5.30. The van der Waals surface area contributed by atoms with Gasteiger partial charge in [-0.05, 0) is 44.2 Å². The summed E-state index contributed by atoms with van der Waals surface area (Å²) >= 11 is 0. The second-order valence-electron chi connectivity index (χ2n) is 6.24. The molecule has 0 bridgehead atoms. The summed E-state index contributed by atoms with van der Waals surface area (Å²) in [6, 6.07) is 10.9. The number of nitrogens with two attached hydrogens (primary N) is 1. The third-order valence-corrected chi connectivity index (χ3v) is 3.94. The number of aryl methyl sites for hydroxylation is 1. The van der Waals surface area contributed by atoms with Crippen molar-refractivity contribution < 1.29 is 0 Å². The molecule has 0 spiro atoms. The van der Waals surface area contributed by atoms with Crippen LogP contribution in [0.3, 0.4) is 0 Å². The Bertz CT molecular complexity index is 482. The van der Waals surface area contributed by atoms with E-state index in [4.69, 9.17) is 5.73 Å². The molecular weight excluding hydrogens is 292 g/mol. The lowest BCUT2D eigenvalue weighted by molar-refractivity contribution is 0.422. The maximum absolute atomic E-state index is 5.30. The van der Waals surface area contributed by atoms with Crippen molar-refractivity contribution in [2.75, 3.05) is 0 Å². The molecule has 0 fully saturated rings. The number of benzene rings is 1. The number of hydrogen-bond acceptors (Lipinski definition) is 1. The molecule has 1 rings (SSSR count). The molecule has 0 aliphatic heterocycles. The van der Waals surface area contributed by atoms with E-state index in [0.29, 0.717) is 5.84 Å². The van der Waals surface area contributed by atoms with Crippen LogP contribution in [0.1, 0.15) is 65.4 Å². The highest BCUT2D eigenvalue weighted by atomic mass is 14.8. The second kappa shape index (κ2) is 14.7. The molecule has 1 aromatic carbocycles. The second-order valence-corrected chi connectivity index (χ2v) is 6.24. The van der Waals surface area contributed by atoms with Gasteiger partial charge >= 0.3 is 0 Å². The lowest BCUT2D eigenvalue weighted by Crippen LogP contribution is -2.04. The van der Waals surface area contributed by atoms with Crippen LogP contribution in [0.5, 0.6) is 0 Å². The van der Waals surface area contributed by atoms with Crippen molar-refractivity contribution in [1.29, 1.82) is 0 Å². The largest absolute Gasteiger partial charge is 0.387 e. The Morgan fingerprint density at radius 3 is 2.33 bits per heavy atom. The van der Waals surface area contributed by atoms with Crippen molar-refractivity contribution in [2.45, 2.75) is 66.2 Å². The van der Waals surface area contributed by atoms with Crippen LogP contribution in [0, 0.1) is 5.92 Å². The number of hydrogen-bond donors (Lipinski definition) is 1. The fourth-order valence-corrected chi connectivity index (χ4v) is 2.55. The van der Waals surface area contributed by atoms with Crippen molar-refractivity contribution in [2.24, 2.45) is 16.6 Å². The SMILES string of the molecule is C=C/C=C(/C)N=C(C)N.CCCCC(CC)CCc1ccccc1. The minimum Gasteiger partial charge on any atom is -0.387 e. The Kier molecular flexibility index (Phi) is 13.6. The highest BCUT2D eigenvalue weighted by molar-refractivity contribution is 5.78. The van der Waals surface area contributed by atoms with Crippen LogP contribution >= 0.6 is 0 Å². The first-order valence-electron chi connectivity index (χ1n) is 9.17. The van der Waals surface area contributed by atoms with E-state index in [1.165, 1.54) is 44.1 Å². The smallest absolute Gasteiger partial charge is 0.0960 e. The first kappa shape index (κ1) is 22.2. The molecule has 2 N–H and O–H groups in total. The molecule has 2 nitrogen and oxygen atoms in total. The molecule has 24 heavy (non-hydrogen) atoms. The van der Waals surface area contributed by atoms with Gasteiger partial charge in [-0.25, -0.2) is 4.99 Å². The Balaban J connectivity index is 0.000000506. The molecule has 0 radical (unpaired) electrons. The molecule has 1 atom stereocenters. The number of nitrogens with zero attached hydrogens (tertiary/aromatic N) is 1.